The van der Waals surface area contributed by atoms with Crippen LogP contribution in [-0.2, 0) is 16.0 Å². The number of hydrazine groups is 1. The average Bonchev–Trinajstić information content (AvgIpc) is 2.98. The monoisotopic (exact) mass is 395 g/mol. The van der Waals surface area contributed by atoms with Gasteiger partial charge in [-0.05, 0) is 57.4 Å². The molecule has 27 heavy (non-hydrogen) atoms. The van der Waals surface area contributed by atoms with Gasteiger partial charge in [0.1, 0.15) is 11.4 Å². The van der Waals surface area contributed by atoms with Crippen LogP contribution in [0, 0.1) is 0 Å². The summed E-state index contributed by atoms with van der Waals surface area (Å²) in [6.07, 6.45) is 1.04. The second kappa shape index (κ2) is 7.94. The van der Waals surface area contributed by atoms with E-state index in [1.165, 1.54) is 0 Å². The molecule has 2 aliphatic heterocycles. The highest BCUT2D eigenvalue weighted by molar-refractivity contribution is 6.30. The Labute approximate surface area is 164 Å². The molecule has 0 aromatic heterocycles. The number of hydrogen-bond acceptors (Lipinski definition) is 5. The summed E-state index contributed by atoms with van der Waals surface area (Å²) in [7, 11) is 0. The Hall–Kier alpha value is -1.99. The lowest BCUT2D eigenvalue weighted by Gasteiger charge is -2.33. The van der Waals surface area contributed by atoms with Crippen LogP contribution in [0.2, 0.25) is 5.02 Å². The number of amides is 2. The first-order valence-electron chi connectivity index (χ1n) is 9.20. The fraction of sp³-hybridized carbons (Fsp3) is 0.579. The van der Waals surface area contributed by atoms with Gasteiger partial charge in [-0.15, -0.1) is 0 Å². The van der Waals surface area contributed by atoms with Gasteiger partial charge in [-0.2, -0.15) is 0 Å². The summed E-state index contributed by atoms with van der Waals surface area (Å²) < 4.78 is 11.0. The van der Waals surface area contributed by atoms with Gasteiger partial charge in [-0.3, -0.25) is 10.2 Å². The number of piperidine rings is 1. The number of nitrogens with one attached hydrogen (secondary N) is 2. The van der Waals surface area contributed by atoms with E-state index in [4.69, 9.17) is 21.1 Å². The molecule has 1 unspecified atom stereocenters. The molecule has 0 saturated carbocycles. The van der Waals surface area contributed by atoms with Gasteiger partial charge in [-0.1, -0.05) is 11.6 Å². The number of hydrogen-bond donors (Lipinski definition) is 2. The van der Waals surface area contributed by atoms with E-state index in [0.29, 0.717) is 30.3 Å². The van der Waals surface area contributed by atoms with Crippen molar-refractivity contribution >= 4 is 23.6 Å². The Kier molecular flexibility index (Phi) is 5.81. The molecule has 1 atom stereocenters. The number of nitrogens with zero attached hydrogens (tertiary/aromatic N) is 1. The fourth-order valence-electron chi connectivity index (χ4n) is 3.20. The van der Waals surface area contributed by atoms with Crippen LogP contribution >= 0.6 is 11.6 Å². The highest BCUT2D eigenvalue weighted by Gasteiger charge is 2.31. The van der Waals surface area contributed by atoms with Crippen molar-refractivity contribution in [1.29, 1.82) is 0 Å². The van der Waals surface area contributed by atoms with Crippen molar-refractivity contribution in [1.82, 2.24) is 15.8 Å². The SMILES string of the molecule is CC(C)(C)OC(=O)NC1CCN(NC(=O)C2Cc3cc(Cl)ccc3O2)CC1. The Morgan fingerprint density at radius 3 is 2.63 bits per heavy atom. The Balaban J connectivity index is 1.42. The van der Waals surface area contributed by atoms with Gasteiger partial charge in [0.25, 0.3) is 5.91 Å². The molecule has 8 heteroatoms. The predicted molar refractivity (Wildman–Crippen MR) is 102 cm³/mol. The first-order chi connectivity index (χ1) is 12.7. The molecule has 0 aliphatic carbocycles. The minimum Gasteiger partial charge on any atom is -0.480 e. The summed E-state index contributed by atoms with van der Waals surface area (Å²) in [6, 6.07) is 5.42. The van der Waals surface area contributed by atoms with Crippen molar-refractivity contribution in [2.75, 3.05) is 13.1 Å². The van der Waals surface area contributed by atoms with Crippen LogP contribution in [0.3, 0.4) is 0 Å². The lowest BCUT2D eigenvalue weighted by atomic mass is 10.1. The molecule has 3 rings (SSSR count). The maximum Gasteiger partial charge on any atom is 0.407 e. The molecule has 1 fully saturated rings. The van der Waals surface area contributed by atoms with Crippen LogP contribution < -0.4 is 15.5 Å². The first kappa shape index (κ1) is 19.8. The largest absolute Gasteiger partial charge is 0.480 e. The third kappa shape index (κ3) is 5.49. The van der Waals surface area contributed by atoms with Crippen LogP contribution in [0.4, 0.5) is 4.79 Å². The zero-order chi connectivity index (χ0) is 19.6. The minimum absolute atomic E-state index is 0.0436. The molecule has 2 heterocycles. The van der Waals surface area contributed by atoms with Crippen LogP contribution in [0.5, 0.6) is 5.75 Å². The van der Waals surface area contributed by atoms with Crippen molar-refractivity contribution in [3.63, 3.8) is 0 Å². The summed E-state index contributed by atoms with van der Waals surface area (Å²) in [6.45, 7) is 6.81. The van der Waals surface area contributed by atoms with Crippen molar-refractivity contribution in [3.8, 4) is 5.75 Å². The number of benzene rings is 1. The number of alkyl carbamates (subject to hydrolysis) is 1. The number of fused-ring (bicyclic) bond motifs is 1. The number of rotatable bonds is 3. The zero-order valence-electron chi connectivity index (χ0n) is 15.9. The molecule has 2 amide bonds. The molecule has 1 aromatic rings. The highest BCUT2D eigenvalue weighted by atomic mass is 35.5. The van der Waals surface area contributed by atoms with E-state index >= 15 is 0 Å². The van der Waals surface area contributed by atoms with E-state index < -0.39 is 17.8 Å². The molecular weight excluding hydrogens is 370 g/mol. The van der Waals surface area contributed by atoms with Crippen LogP contribution in [0.1, 0.15) is 39.2 Å². The lowest BCUT2D eigenvalue weighted by Crippen LogP contribution is -2.54. The number of carbonyl (C=O) groups is 2. The second-order valence-electron chi connectivity index (χ2n) is 7.95. The number of ether oxygens (including phenoxy) is 2. The average molecular weight is 396 g/mol. The van der Waals surface area contributed by atoms with Gasteiger partial charge in [0.2, 0.25) is 0 Å². The van der Waals surface area contributed by atoms with Gasteiger partial charge in [0.15, 0.2) is 6.10 Å². The van der Waals surface area contributed by atoms with Crippen molar-refractivity contribution in [2.45, 2.75) is 57.8 Å². The van der Waals surface area contributed by atoms with Crippen molar-refractivity contribution in [2.24, 2.45) is 0 Å². The van der Waals surface area contributed by atoms with Crippen LogP contribution in [0.25, 0.3) is 0 Å². The maximum atomic E-state index is 12.5. The first-order valence-corrected chi connectivity index (χ1v) is 9.57. The molecule has 2 N–H and O–H groups in total. The van der Waals surface area contributed by atoms with Gasteiger partial charge < -0.3 is 14.8 Å². The highest BCUT2D eigenvalue weighted by Crippen LogP contribution is 2.31. The molecule has 2 aliphatic rings. The lowest BCUT2D eigenvalue weighted by molar-refractivity contribution is -0.132. The molecule has 7 nitrogen and oxygen atoms in total. The van der Waals surface area contributed by atoms with Gasteiger partial charge >= 0.3 is 6.09 Å². The van der Waals surface area contributed by atoms with Crippen LogP contribution in [0.15, 0.2) is 18.2 Å². The third-order valence-corrected chi connectivity index (χ3v) is 4.71. The van der Waals surface area contributed by atoms with E-state index in [9.17, 15) is 9.59 Å². The number of halogens is 1. The smallest absolute Gasteiger partial charge is 0.407 e. The summed E-state index contributed by atoms with van der Waals surface area (Å²) >= 11 is 5.99. The molecule has 1 aromatic carbocycles. The number of carbonyl (C=O) groups excluding carboxylic acids is 2. The summed E-state index contributed by atoms with van der Waals surface area (Å²) in [5, 5.41) is 5.39. The third-order valence-electron chi connectivity index (χ3n) is 4.47. The quantitative estimate of drug-likeness (QED) is 0.822. The van der Waals surface area contributed by atoms with E-state index in [1.54, 1.807) is 12.1 Å². The molecular formula is C19H26ClN3O4. The van der Waals surface area contributed by atoms with Crippen molar-refractivity contribution < 1.29 is 19.1 Å². The summed E-state index contributed by atoms with van der Waals surface area (Å²) in [5.41, 5.74) is 3.35. The molecule has 0 bridgehead atoms. The fourth-order valence-corrected chi connectivity index (χ4v) is 3.40. The zero-order valence-corrected chi connectivity index (χ0v) is 16.6. The molecule has 1 saturated heterocycles. The van der Waals surface area contributed by atoms with Gasteiger partial charge in [0.05, 0.1) is 0 Å². The van der Waals surface area contributed by atoms with Gasteiger partial charge in [0, 0.05) is 30.6 Å². The topological polar surface area (TPSA) is 79.9 Å². The second-order valence-corrected chi connectivity index (χ2v) is 8.38. The molecule has 148 valence electrons. The van der Waals surface area contributed by atoms with E-state index in [-0.39, 0.29) is 11.9 Å². The van der Waals surface area contributed by atoms with Crippen LogP contribution in [-0.4, -0.2) is 47.8 Å². The summed E-state index contributed by atoms with van der Waals surface area (Å²) in [4.78, 5) is 24.3. The minimum atomic E-state index is -0.545. The molecule has 0 spiro atoms. The maximum absolute atomic E-state index is 12.5. The standard InChI is InChI=1S/C19H26ClN3O4/c1-19(2,3)27-18(25)21-14-6-8-23(9-7-14)22-17(24)16-11-12-10-13(20)4-5-15(12)26-16/h4-5,10,14,16H,6-9,11H2,1-3H3,(H,21,25)(H,22,24). The van der Waals surface area contributed by atoms with Crippen molar-refractivity contribution in [3.05, 3.63) is 28.8 Å². The normalized spacial score (nSPS) is 20.5. The van der Waals surface area contributed by atoms with E-state index in [1.807, 2.05) is 31.8 Å². The van der Waals surface area contributed by atoms with Gasteiger partial charge in [-0.25, -0.2) is 9.80 Å². The Morgan fingerprint density at radius 2 is 1.96 bits per heavy atom. The van der Waals surface area contributed by atoms with E-state index in [2.05, 4.69) is 10.7 Å². The van der Waals surface area contributed by atoms with E-state index in [0.717, 1.165) is 18.4 Å². The molecule has 0 radical (unpaired) electrons. The summed E-state index contributed by atoms with van der Waals surface area (Å²) in [5.74, 6) is 0.542. The predicted octanol–water partition coefficient (Wildman–Crippen LogP) is 2.66. The Bertz CT molecular complexity index is 711. The Morgan fingerprint density at radius 1 is 1.26 bits per heavy atom.